The van der Waals surface area contributed by atoms with Gasteiger partial charge in [0.15, 0.2) is 0 Å². The average molecular weight is 280 g/mol. The molecule has 1 aliphatic rings. The minimum Gasteiger partial charge on any atom is -0.481 e. The first-order chi connectivity index (χ1) is 9.61. The molecule has 0 radical (unpaired) electrons. The molecule has 8 nitrogen and oxygen atoms in total. The third-order valence-corrected chi connectivity index (χ3v) is 2.92. The summed E-state index contributed by atoms with van der Waals surface area (Å²) in [6.45, 7) is 0.755. The van der Waals surface area contributed by atoms with E-state index in [-0.39, 0.29) is 23.3 Å². The van der Waals surface area contributed by atoms with Crippen LogP contribution in [-0.4, -0.2) is 36.0 Å². The van der Waals surface area contributed by atoms with Gasteiger partial charge in [-0.25, -0.2) is 0 Å². The first-order valence-electron chi connectivity index (χ1n) is 6.33. The molecule has 1 fully saturated rings. The van der Waals surface area contributed by atoms with Crippen LogP contribution in [0.1, 0.15) is 12.8 Å². The van der Waals surface area contributed by atoms with E-state index in [1.165, 1.54) is 19.2 Å². The van der Waals surface area contributed by atoms with E-state index in [1.807, 2.05) is 0 Å². The second-order valence-corrected chi connectivity index (χ2v) is 4.47. The number of amides is 1. The predicted molar refractivity (Wildman–Crippen MR) is 71.7 cm³/mol. The molecule has 0 saturated heterocycles. The highest BCUT2D eigenvalue weighted by Crippen LogP contribution is 2.28. The molecule has 1 saturated carbocycles. The summed E-state index contributed by atoms with van der Waals surface area (Å²) in [7, 11) is 1.44. The van der Waals surface area contributed by atoms with Crippen molar-refractivity contribution in [3.8, 4) is 5.88 Å². The monoisotopic (exact) mass is 280 g/mol. The van der Waals surface area contributed by atoms with Gasteiger partial charge in [0.1, 0.15) is 0 Å². The van der Waals surface area contributed by atoms with E-state index in [1.54, 1.807) is 0 Å². The van der Waals surface area contributed by atoms with Crippen LogP contribution in [0.15, 0.2) is 12.1 Å². The highest BCUT2D eigenvalue weighted by atomic mass is 16.6. The number of rotatable bonds is 7. The Balaban J connectivity index is 1.89. The van der Waals surface area contributed by atoms with Gasteiger partial charge in [-0.2, -0.15) is 4.98 Å². The van der Waals surface area contributed by atoms with Gasteiger partial charge in [-0.3, -0.25) is 14.9 Å². The lowest BCUT2D eigenvalue weighted by molar-refractivity contribution is -0.384. The lowest BCUT2D eigenvalue weighted by atomic mass is 10.3. The van der Waals surface area contributed by atoms with E-state index in [0.717, 1.165) is 12.8 Å². The summed E-state index contributed by atoms with van der Waals surface area (Å²) in [6.07, 6.45) is 1.89. The molecule has 1 aliphatic carbocycles. The summed E-state index contributed by atoms with van der Waals surface area (Å²) in [6, 6.07) is 2.76. The zero-order chi connectivity index (χ0) is 14.5. The number of nitrogens with one attached hydrogen (secondary N) is 2. The van der Waals surface area contributed by atoms with Crippen LogP contribution in [0, 0.1) is 16.0 Å². The molecule has 0 unspecified atom stereocenters. The van der Waals surface area contributed by atoms with Crippen LogP contribution in [-0.2, 0) is 4.79 Å². The summed E-state index contributed by atoms with van der Waals surface area (Å²) in [5.41, 5.74) is -0.126. The smallest absolute Gasteiger partial charge is 0.311 e. The number of ether oxygens (including phenoxy) is 1. The van der Waals surface area contributed by atoms with Crippen molar-refractivity contribution in [2.75, 3.05) is 25.5 Å². The number of aromatic nitrogens is 1. The Bertz CT molecular complexity index is 516. The number of anilines is 1. The second-order valence-electron chi connectivity index (χ2n) is 4.47. The van der Waals surface area contributed by atoms with Gasteiger partial charge in [0, 0.05) is 31.1 Å². The Morgan fingerprint density at radius 1 is 1.50 bits per heavy atom. The van der Waals surface area contributed by atoms with Crippen LogP contribution in [0.4, 0.5) is 11.5 Å². The van der Waals surface area contributed by atoms with Crippen molar-refractivity contribution in [3.63, 3.8) is 0 Å². The van der Waals surface area contributed by atoms with E-state index in [4.69, 9.17) is 4.74 Å². The molecule has 108 valence electrons. The van der Waals surface area contributed by atoms with Crippen molar-refractivity contribution < 1.29 is 14.5 Å². The maximum Gasteiger partial charge on any atom is 0.311 e. The van der Waals surface area contributed by atoms with Gasteiger partial charge >= 0.3 is 5.69 Å². The molecule has 0 spiro atoms. The Hall–Kier alpha value is -2.38. The fraction of sp³-hybridized carbons (Fsp3) is 0.500. The molecular weight excluding hydrogens is 264 g/mol. The molecule has 1 heterocycles. The van der Waals surface area contributed by atoms with E-state index >= 15 is 0 Å². The largest absolute Gasteiger partial charge is 0.481 e. The topological polar surface area (TPSA) is 106 Å². The Kier molecular flexibility index (Phi) is 4.34. The lowest BCUT2D eigenvalue weighted by Crippen LogP contribution is -2.30. The zero-order valence-electron chi connectivity index (χ0n) is 11.1. The molecule has 1 aromatic rings. The van der Waals surface area contributed by atoms with Crippen molar-refractivity contribution in [1.82, 2.24) is 10.3 Å². The molecule has 1 amide bonds. The van der Waals surface area contributed by atoms with Crippen molar-refractivity contribution in [2.24, 2.45) is 5.92 Å². The molecule has 0 aliphatic heterocycles. The van der Waals surface area contributed by atoms with Crippen LogP contribution >= 0.6 is 0 Å². The summed E-state index contributed by atoms with van der Waals surface area (Å²) >= 11 is 0. The van der Waals surface area contributed by atoms with Crippen molar-refractivity contribution in [3.05, 3.63) is 22.2 Å². The summed E-state index contributed by atoms with van der Waals surface area (Å²) in [4.78, 5) is 25.8. The predicted octanol–water partition coefficient (Wildman–Crippen LogP) is 0.936. The molecule has 0 bridgehead atoms. The van der Waals surface area contributed by atoms with Crippen molar-refractivity contribution in [2.45, 2.75) is 12.8 Å². The van der Waals surface area contributed by atoms with Crippen LogP contribution in [0.5, 0.6) is 5.88 Å². The Morgan fingerprint density at radius 2 is 2.25 bits per heavy atom. The fourth-order valence-electron chi connectivity index (χ4n) is 1.68. The summed E-state index contributed by atoms with van der Waals surface area (Å²) < 4.78 is 4.93. The molecule has 2 rings (SSSR count). The molecule has 20 heavy (non-hydrogen) atoms. The number of hydrogen-bond donors (Lipinski definition) is 2. The summed E-state index contributed by atoms with van der Waals surface area (Å²) in [5.74, 6) is 0.620. The van der Waals surface area contributed by atoms with Gasteiger partial charge in [0.2, 0.25) is 17.6 Å². The number of carbonyl (C=O) groups excluding carboxylic acids is 1. The van der Waals surface area contributed by atoms with Gasteiger partial charge in [0.25, 0.3) is 0 Å². The maximum absolute atomic E-state index is 11.4. The SMILES string of the molecule is COc1ccc([N+](=O)[O-])c(NCCNC(=O)C2CC2)n1. The number of nitro groups is 1. The number of pyridine rings is 1. The third-order valence-electron chi connectivity index (χ3n) is 2.92. The third kappa shape index (κ3) is 3.56. The lowest BCUT2D eigenvalue weighted by Gasteiger charge is -2.08. The first kappa shape index (κ1) is 14.0. The molecular formula is C12H16N4O4. The highest BCUT2D eigenvalue weighted by Gasteiger charge is 2.29. The van der Waals surface area contributed by atoms with Crippen molar-refractivity contribution in [1.29, 1.82) is 0 Å². The van der Waals surface area contributed by atoms with Crippen LogP contribution < -0.4 is 15.4 Å². The Labute approximate surface area is 115 Å². The highest BCUT2D eigenvalue weighted by molar-refractivity contribution is 5.80. The fourth-order valence-corrected chi connectivity index (χ4v) is 1.68. The standard InChI is InChI=1S/C12H16N4O4/c1-20-10-5-4-9(16(18)19)11(15-10)13-6-7-14-12(17)8-2-3-8/h4-5,8H,2-3,6-7H2,1H3,(H,13,15)(H,14,17). The van der Waals surface area contributed by atoms with Gasteiger partial charge in [-0.1, -0.05) is 0 Å². The van der Waals surface area contributed by atoms with E-state index in [9.17, 15) is 14.9 Å². The minimum atomic E-state index is -0.516. The molecule has 0 aromatic carbocycles. The van der Waals surface area contributed by atoms with E-state index < -0.39 is 4.92 Å². The quantitative estimate of drug-likeness (QED) is 0.437. The maximum atomic E-state index is 11.4. The summed E-state index contributed by atoms with van der Waals surface area (Å²) in [5, 5.41) is 16.5. The van der Waals surface area contributed by atoms with Gasteiger partial charge < -0.3 is 15.4 Å². The zero-order valence-corrected chi connectivity index (χ0v) is 11.1. The van der Waals surface area contributed by atoms with Crippen LogP contribution in [0.3, 0.4) is 0 Å². The second kappa shape index (κ2) is 6.18. The van der Waals surface area contributed by atoms with Gasteiger partial charge in [-0.15, -0.1) is 0 Å². The first-order valence-corrected chi connectivity index (χ1v) is 6.33. The van der Waals surface area contributed by atoms with Crippen LogP contribution in [0.2, 0.25) is 0 Å². The van der Waals surface area contributed by atoms with E-state index in [2.05, 4.69) is 15.6 Å². The number of carbonyl (C=O) groups is 1. The van der Waals surface area contributed by atoms with Crippen LogP contribution in [0.25, 0.3) is 0 Å². The van der Waals surface area contributed by atoms with Gasteiger partial charge in [0.05, 0.1) is 12.0 Å². The molecule has 2 N–H and O–H groups in total. The minimum absolute atomic E-state index is 0.0416. The van der Waals surface area contributed by atoms with Crippen molar-refractivity contribution >= 4 is 17.4 Å². The molecule has 1 aromatic heterocycles. The number of hydrogen-bond acceptors (Lipinski definition) is 6. The molecule has 8 heteroatoms. The average Bonchev–Trinajstić information content (AvgIpc) is 3.27. The normalized spacial score (nSPS) is 13.7. The molecule has 0 atom stereocenters. The number of methoxy groups -OCH3 is 1. The van der Waals surface area contributed by atoms with Gasteiger partial charge in [-0.05, 0) is 12.8 Å². The van der Waals surface area contributed by atoms with E-state index in [0.29, 0.717) is 19.0 Å². The number of nitrogens with zero attached hydrogens (tertiary/aromatic N) is 2. The Morgan fingerprint density at radius 3 is 2.85 bits per heavy atom.